The number of nitrogens with zero attached hydrogens (tertiary/aromatic N) is 6. The summed E-state index contributed by atoms with van der Waals surface area (Å²) in [5, 5.41) is 26.0. The van der Waals surface area contributed by atoms with E-state index in [-0.39, 0.29) is 0 Å². The molecule has 0 atom stereocenters. The predicted octanol–water partition coefficient (Wildman–Crippen LogP) is 7.21. The number of aryl methyl sites for hydroxylation is 2. The van der Waals surface area contributed by atoms with Crippen LogP contribution >= 0.6 is 11.6 Å². The Morgan fingerprint density at radius 3 is 2.26 bits per heavy atom. The zero-order chi connectivity index (χ0) is 28.9. The smallest absolute Gasteiger partial charge is 0.229 e. The number of rotatable bonds is 6. The first kappa shape index (κ1) is 26.7. The zero-order valence-electron chi connectivity index (χ0n) is 22.7. The molecule has 0 saturated carbocycles. The number of para-hydroxylation sites is 2. The van der Waals surface area contributed by atoms with Crippen molar-refractivity contribution in [2.75, 3.05) is 16.0 Å². The number of halogens is 1. The van der Waals surface area contributed by atoms with Crippen molar-refractivity contribution in [3.63, 3.8) is 0 Å². The third-order valence-corrected chi connectivity index (χ3v) is 6.55. The number of aromatic nitrogens is 8. The maximum absolute atomic E-state index is 6.27. The van der Waals surface area contributed by atoms with Gasteiger partial charge < -0.3 is 16.0 Å². The van der Waals surface area contributed by atoms with E-state index in [1.807, 2.05) is 92.7 Å². The first-order chi connectivity index (χ1) is 20.5. The standard InChI is InChI=1S/C18H15ClN6.C12H11N5/c1-11-6-7-13(19)15(10-11)22-18-21-14-5-3-2-4-12(14)17(24-18)23-16-8-9-20-25-16;1-8-6-11(17-16-8)15-12-9-4-2-3-5-10(9)13-7-14-12/h2-10H,1H3,(H3,20,21,22,23,24,25);2-7H,1H3,(H2,13,14,15,16,17). The van der Waals surface area contributed by atoms with E-state index in [1.54, 1.807) is 12.5 Å². The van der Waals surface area contributed by atoms with Gasteiger partial charge in [-0.2, -0.15) is 15.2 Å². The van der Waals surface area contributed by atoms with Crippen molar-refractivity contribution >= 4 is 68.3 Å². The van der Waals surface area contributed by atoms with E-state index >= 15 is 0 Å². The highest BCUT2D eigenvalue weighted by Gasteiger charge is 2.10. The molecule has 12 heteroatoms. The molecule has 0 saturated heterocycles. The highest BCUT2D eigenvalue weighted by Crippen LogP contribution is 2.29. The van der Waals surface area contributed by atoms with Crippen molar-refractivity contribution < 1.29 is 0 Å². The lowest BCUT2D eigenvalue weighted by Gasteiger charge is -2.12. The SMILES string of the molecule is Cc1cc(Nc2ncnc3ccccc23)n[nH]1.Cc1ccc(Cl)c(Nc2nc(Nc3ccn[nH]3)c3ccccc3n2)c1. The Hall–Kier alpha value is -5.55. The van der Waals surface area contributed by atoms with Crippen molar-refractivity contribution in [1.29, 1.82) is 0 Å². The highest BCUT2D eigenvalue weighted by molar-refractivity contribution is 6.33. The summed E-state index contributed by atoms with van der Waals surface area (Å²) >= 11 is 6.27. The molecule has 0 aliphatic rings. The average Bonchev–Trinajstić information content (AvgIpc) is 3.67. The monoisotopic (exact) mass is 575 g/mol. The summed E-state index contributed by atoms with van der Waals surface area (Å²) in [6.07, 6.45) is 3.22. The van der Waals surface area contributed by atoms with Gasteiger partial charge in [0, 0.05) is 28.6 Å². The maximum Gasteiger partial charge on any atom is 0.229 e. The van der Waals surface area contributed by atoms with E-state index in [1.165, 1.54) is 0 Å². The Labute approximate surface area is 245 Å². The fourth-order valence-corrected chi connectivity index (χ4v) is 4.41. The van der Waals surface area contributed by atoms with Crippen LogP contribution in [0.25, 0.3) is 21.8 Å². The van der Waals surface area contributed by atoms with Crippen LogP contribution in [0.5, 0.6) is 0 Å². The lowest BCUT2D eigenvalue weighted by atomic mass is 10.2. The molecule has 0 aliphatic carbocycles. The second kappa shape index (κ2) is 11.9. The summed E-state index contributed by atoms with van der Waals surface area (Å²) in [4.78, 5) is 17.6. The summed E-state index contributed by atoms with van der Waals surface area (Å²) in [6.45, 7) is 3.96. The third-order valence-electron chi connectivity index (χ3n) is 6.22. The van der Waals surface area contributed by atoms with E-state index in [0.717, 1.165) is 56.2 Å². The minimum Gasteiger partial charge on any atom is -0.325 e. The Morgan fingerprint density at radius 2 is 1.50 bits per heavy atom. The molecule has 7 rings (SSSR count). The molecule has 11 nitrogen and oxygen atoms in total. The van der Waals surface area contributed by atoms with Gasteiger partial charge in [0.1, 0.15) is 23.8 Å². The highest BCUT2D eigenvalue weighted by atomic mass is 35.5. The lowest BCUT2D eigenvalue weighted by Crippen LogP contribution is -2.03. The molecule has 4 aromatic heterocycles. The fourth-order valence-electron chi connectivity index (χ4n) is 4.24. The molecule has 3 aromatic carbocycles. The van der Waals surface area contributed by atoms with Crippen LogP contribution in [0.1, 0.15) is 11.3 Å². The van der Waals surface area contributed by atoms with Gasteiger partial charge in [-0.05, 0) is 55.8 Å². The fraction of sp³-hybridized carbons (Fsp3) is 0.0667. The van der Waals surface area contributed by atoms with Gasteiger partial charge in [0.15, 0.2) is 5.82 Å². The van der Waals surface area contributed by atoms with Gasteiger partial charge >= 0.3 is 0 Å². The minimum atomic E-state index is 0.466. The van der Waals surface area contributed by atoms with E-state index in [9.17, 15) is 0 Å². The molecule has 0 unspecified atom stereocenters. The average molecular weight is 576 g/mol. The quantitative estimate of drug-likeness (QED) is 0.139. The van der Waals surface area contributed by atoms with Gasteiger partial charge in [-0.25, -0.2) is 15.0 Å². The summed E-state index contributed by atoms with van der Waals surface area (Å²) in [5.74, 6) is 3.42. The molecule has 0 amide bonds. The molecular weight excluding hydrogens is 550 g/mol. The Bertz CT molecular complexity index is 1960. The zero-order valence-corrected chi connectivity index (χ0v) is 23.5. The largest absolute Gasteiger partial charge is 0.325 e. The molecule has 0 bridgehead atoms. The first-order valence-corrected chi connectivity index (χ1v) is 13.4. The molecule has 0 aliphatic heterocycles. The minimum absolute atomic E-state index is 0.466. The normalized spacial score (nSPS) is 10.7. The maximum atomic E-state index is 6.27. The van der Waals surface area contributed by atoms with E-state index in [4.69, 9.17) is 11.6 Å². The second-order valence-corrected chi connectivity index (χ2v) is 9.82. The number of hydrogen-bond donors (Lipinski definition) is 5. The van der Waals surface area contributed by atoms with E-state index in [0.29, 0.717) is 16.8 Å². The molecule has 208 valence electrons. The number of benzene rings is 3. The number of aromatic amines is 2. The summed E-state index contributed by atoms with van der Waals surface area (Å²) in [5.41, 5.74) is 4.61. The van der Waals surface area contributed by atoms with Crippen LogP contribution in [0, 0.1) is 13.8 Å². The van der Waals surface area contributed by atoms with Gasteiger partial charge in [-0.3, -0.25) is 10.2 Å². The van der Waals surface area contributed by atoms with Gasteiger partial charge in [0.25, 0.3) is 0 Å². The lowest BCUT2D eigenvalue weighted by molar-refractivity contribution is 1.05. The second-order valence-electron chi connectivity index (χ2n) is 9.42. The Kier molecular flexibility index (Phi) is 7.56. The summed E-state index contributed by atoms with van der Waals surface area (Å²) in [7, 11) is 0. The molecule has 42 heavy (non-hydrogen) atoms. The first-order valence-electron chi connectivity index (χ1n) is 13.1. The van der Waals surface area contributed by atoms with E-state index in [2.05, 4.69) is 56.3 Å². The molecule has 0 radical (unpaired) electrons. The molecule has 5 N–H and O–H groups in total. The molecule has 4 heterocycles. The predicted molar refractivity (Wildman–Crippen MR) is 167 cm³/mol. The Balaban J connectivity index is 0.000000162. The number of anilines is 6. The van der Waals surface area contributed by atoms with Crippen molar-refractivity contribution in [1.82, 2.24) is 40.3 Å². The van der Waals surface area contributed by atoms with Crippen molar-refractivity contribution in [3.8, 4) is 0 Å². The topological polar surface area (TPSA) is 145 Å². The number of hydrogen-bond acceptors (Lipinski definition) is 9. The molecular formula is C30H26ClN11. The van der Waals surface area contributed by atoms with Gasteiger partial charge in [0.2, 0.25) is 5.95 Å². The molecule has 0 spiro atoms. The van der Waals surface area contributed by atoms with E-state index < -0.39 is 0 Å². The van der Waals surface area contributed by atoms with Crippen LogP contribution in [0.15, 0.2) is 91.4 Å². The number of nitrogens with one attached hydrogen (secondary N) is 5. The molecule has 0 fully saturated rings. The van der Waals surface area contributed by atoms with Crippen LogP contribution in [-0.4, -0.2) is 40.3 Å². The third kappa shape index (κ3) is 6.11. The van der Waals surface area contributed by atoms with Gasteiger partial charge in [0.05, 0.1) is 27.9 Å². The number of H-pyrrole nitrogens is 2. The molecule has 7 aromatic rings. The van der Waals surface area contributed by atoms with Crippen LogP contribution in [0.3, 0.4) is 0 Å². The summed E-state index contributed by atoms with van der Waals surface area (Å²) < 4.78 is 0. The van der Waals surface area contributed by atoms with Crippen molar-refractivity contribution in [2.24, 2.45) is 0 Å². The van der Waals surface area contributed by atoms with Crippen molar-refractivity contribution in [2.45, 2.75) is 13.8 Å². The van der Waals surface area contributed by atoms with Crippen LogP contribution < -0.4 is 16.0 Å². The summed E-state index contributed by atoms with van der Waals surface area (Å²) in [6, 6.07) is 25.2. The van der Waals surface area contributed by atoms with Gasteiger partial charge in [-0.15, -0.1) is 0 Å². The Morgan fingerprint density at radius 1 is 0.714 bits per heavy atom. The van der Waals surface area contributed by atoms with Crippen LogP contribution in [-0.2, 0) is 0 Å². The van der Waals surface area contributed by atoms with Gasteiger partial charge in [-0.1, -0.05) is 41.9 Å². The number of fused-ring (bicyclic) bond motifs is 2. The van der Waals surface area contributed by atoms with Crippen molar-refractivity contribution in [3.05, 3.63) is 108 Å². The van der Waals surface area contributed by atoms with Crippen LogP contribution in [0.4, 0.5) is 34.9 Å². The van der Waals surface area contributed by atoms with Crippen LogP contribution in [0.2, 0.25) is 5.02 Å².